The van der Waals surface area contributed by atoms with E-state index in [-0.39, 0.29) is 17.3 Å². The first kappa shape index (κ1) is 19.1. The van der Waals surface area contributed by atoms with Crippen LogP contribution in [0.15, 0.2) is 41.8 Å². The van der Waals surface area contributed by atoms with E-state index in [4.69, 9.17) is 0 Å². The number of carbonyl (C=O) groups excluding carboxylic acids is 1. The molecular weight excluding hydrogens is 350 g/mol. The number of carbonyl (C=O) groups is 1. The Morgan fingerprint density at radius 3 is 2.54 bits per heavy atom. The second-order valence-electron chi connectivity index (χ2n) is 6.93. The third kappa shape index (κ3) is 4.34. The Morgan fingerprint density at radius 1 is 1.19 bits per heavy atom. The van der Waals surface area contributed by atoms with Crippen LogP contribution in [0.3, 0.4) is 0 Å². The van der Waals surface area contributed by atoms with Crippen molar-refractivity contribution in [2.45, 2.75) is 36.6 Å². The minimum Gasteiger partial charge on any atom is -0.336 e. The van der Waals surface area contributed by atoms with Crippen LogP contribution in [0.5, 0.6) is 0 Å². The molecule has 1 saturated heterocycles. The maximum atomic E-state index is 12.8. The molecule has 26 heavy (non-hydrogen) atoms. The van der Waals surface area contributed by atoms with Crippen molar-refractivity contribution in [3.63, 3.8) is 0 Å². The van der Waals surface area contributed by atoms with Gasteiger partial charge < -0.3 is 4.90 Å². The summed E-state index contributed by atoms with van der Waals surface area (Å²) in [7, 11) is -3.63. The van der Waals surface area contributed by atoms with Crippen molar-refractivity contribution in [2.24, 2.45) is 0 Å². The Labute approximate surface area is 155 Å². The van der Waals surface area contributed by atoms with Gasteiger partial charge >= 0.3 is 0 Å². The van der Waals surface area contributed by atoms with Gasteiger partial charge in [-0.05, 0) is 31.0 Å². The van der Waals surface area contributed by atoms with Gasteiger partial charge in [-0.2, -0.15) is 0 Å². The molecule has 0 radical (unpaired) electrons. The van der Waals surface area contributed by atoms with Crippen LogP contribution >= 0.6 is 0 Å². The van der Waals surface area contributed by atoms with Crippen LogP contribution < -0.4 is 4.72 Å². The van der Waals surface area contributed by atoms with Gasteiger partial charge in [0.05, 0.1) is 4.90 Å². The molecule has 1 heterocycles. The van der Waals surface area contributed by atoms with Crippen molar-refractivity contribution >= 4 is 15.9 Å². The predicted octanol–water partition coefficient (Wildman–Crippen LogP) is 1.85. The lowest BCUT2D eigenvalue weighted by Crippen LogP contribution is -2.51. The van der Waals surface area contributed by atoms with E-state index in [1.165, 1.54) is 43.9 Å². The van der Waals surface area contributed by atoms with Crippen LogP contribution in [-0.4, -0.2) is 62.9 Å². The van der Waals surface area contributed by atoms with Gasteiger partial charge in [-0.25, -0.2) is 13.1 Å². The molecule has 1 saturated carbocycles. The summed E-state index contributed by atoms with van der Waals surface area (Å²) >= 11 is 0. The Morgan fingerprint density at radius 2 is 1.88 bits per heavy atom. The highest BCUT2D eigenvalue weighted by Crippen LogP contribution is 2.24. The predicted molar refractivity (Wildman–Crippen MR) is 102 cm³/mol. The average Bonchev–Trinajstić information content (AvgIpc) is 3.21. The van der Waals surface area contributed by atoms with Crippen LogP contribution in [-0.2, 0) is 10.0 Å². The Bertz CT molecular complexity index is 749. The maximum Gasteiger partial charge on any atom is 0.253 e. The zero-order valence-electron chi connectivity index (χ0n) is 15.1. The fourth-order valence-corrected chi connectivity index (χ4v) is 4.83. The van der Waals surface area contributed by atoms with Crippen molar-refractivity contribution in [3.05, 3.63) is 42.5 Å². The van der Waals surface area contributed by atoms with Gasteiger partial charge in [0.15, 0.2) is 0 Å². The van der Waals surface area contributed by atoms with Crippen molar-refractivity contribution in [1.82, 2.24) is 14.5 Å². The first-order valence-electron chi connectivity index (χ1n) is 9.25. The summed E-state index contributed by atoms with van der Waals surface area (Å²) < 4.78 is 26.9. The Hall–Kier alpha value is -1.70. The van der Waals surface area contributed by atoms with Gasteiger partial charge in [0.25, 0.3) is 5.91 Å². The molecule has 0 spiro atoms. The second-order valence-corrected chi connectivity index (χ2v) is 8.70. The van der Waals surface area contributed by atoms with E-state index in [1.807, 2.05) is 4.90 Å². The van der Waals surface area contributed by atoms with Crippen molar-refractivity contribution < 1.29 is 13.2 Å². The lowest BCUT2D eigenvalue weighted by Gasteiger charge is -2.38. The Balaban J connectivity index is 1.65. The van der Waals surface area contributed by atoms with Crippen LogP contribution in [0, 0.1) is 0 Å². The molecule has 1 aromatic carbocycles. The summed E-state index contributed by atoms with van der Waals surface area (Å²) in [4.78, 5) is 17.2. The molecule has 1 aliphatic heterocycles. The molecule has 142 valence electrons. The molecule has 1 aliphatic carbocycles. The fraction of sp³-hybridized carbons (Fsp3) is 0.526. The SMILES string of the molecule is C=CCNS(=O)(=O)c1cccc(C(=O)N2CCN(C3CCCC3)CC2)c1. The fourth-order valence-electron chi connectivity index (χ4n) is 3.79. The second kappa shape index (κ2) is 8.33. The van der Waals surface area contributed by atoms with E-state index in [0.717, 1.165) is 13.1 Å². The molecule has 1 amide bonds. The first-order valence-corrected chi connectivity index (χ1v) is 10.7. The highest BCUT2D eigenvalue weighted by molar-refractivity contribution is 7.89. The largest absolute Gasteiger partial charge is 0.336 e. The quantitative estimate of drug-likeness (QED) is 0.768. The average molecular weight is 378 g/mol. The van der Waals surface area contributed by atoms with E-state index >= 15 is 0 Å². The van der Waals surface area contributed by atoms with Gasteiger partial charge in [-0.3, -0.25) is 9.69 Å². The summed E-state index contributed by atoms with van der Waals surface area (Å²) in [5.74, 6) is -0.100. The topological polar surface area (TPSA) is 69.7 Å². The molecule has 7 heteroatoms. The maximum absolute atomic E-state index is 12.8. The summed E-state index contributed by atoms with van der Waals surface area (Å²) in [6.45, 7) is 6.85. The van der Waals surface area contributed by atoms with Gasteiger partial charge in [0, 0.05) is 44.3 Å². The van der Waals surface area contributed by atoms with E-state index in [2.05, 4.69) is 16.2 Å². The minimum absolute atomic E-state index is 0.100. The zero-order chi connectivity index (χ0) is 18.6. The highest BCUT2D eigenvalue weighted by atomic mass is 32.2. The summed E-state index contributed by atoms with van der Waals surface area (Å²) in [6, 6.07) is 6.93. The van der Waals surface area contributed by atoms with Crippen LogP contribution in [0.1, 0.15) is 36.0 Å². The number of benzene rings is 1. The van der Waals surface area contributed by atoms with E-state index < -0.39 is 10.0 Å². The monoisotopic (exact) mass is 377 g/mol. The third-order valence-electron chi connectivity index (χ3n) is 5.25. The molecule has 2 aliphatic rings. The molecule has 0 unspecified atom stereocenters. The molecule has 1 N–H and O–H groups in total. The number of nitrogens with zero attached hydrogens (tertiary/aromatic N) is 2. The van der Waals surface area contributed by atoms with Crippen molar-refractivity contribution in [3.8, 4) is 0 Å². The van der Waals surface area contributed by atoms with Gasteiger partial charge in [0.2, 0.25) is 10.0 Å². The van der Waals surface area contributed by atoms with Crippen LogP contribution in [0.4, 0.5) is 0 Å². The minimum atomic E-state index is -3.63. The number of sulfonamides is 1. The molecule has 0 bridgehead atoms. The number of piperazine rings is 1. The van der Waals surface area contributed by atoms with Crippen molar-refractivity contribution in [2.75, 3.05) is 32.7 Å². The van der Waals surface area contributed by atoms with E-state index in [9.17, 15) is 13.2 Å². The molecular formula is C19H27N3O3S. The lowest BCUT2D eigenvalue weighted by atomic mass is 10.1. The normalized spacial score (nSPS) is 19.6. The first-order chi connectivity index (χ1) is 12.5. The smallest absolute Gasteiger partial charge is 0.253 e. The summed E-state index contributed by atoms with van der Waals surface area (Å²) in [6.07, 6.45) is 6.64. The zero-order valence-corrected chi connectivity index (χ0v) is 15.9. The standard InChI is InChI=1S/C19H27N3O3S/c1-2-10-20-26(24,25)18-9-5-6-16(15-18)19(23)22-13-11-21(12-14-22)17-7-3-4-8-17/h2,5-6,9,15,17,20H,1,3-4,7-8,10-14H2. The number of rotatable bonds is 6. The number of hydrogen-bond acceptors (Lipinski definition) is 4. The van der Waals surface area contributed by atoms with Gasteiger partial charge in [-0.1, -0.05) is 25.0 Å². The molecule has 0 aromatic heterocycles. The summed E-state index contributed by atoms with van der Waals surface area (Å²) in [5.41, 5.74) is 0.417. The molecule has 1 aromatic rings. The number of hydrogen-bond donors (Lipinski definition) is 1. The van der Waals surface area contributed by atoms with E-state index in [1.54, 1.807) is 12.1 Å². The number of amides is 1. The van der Waals surface area contributed by atoms with Gasteiger partial charge in [-0.15, -0.1) is 6.58 Å². The lowest BCUT2D eigenvalue weighted by molar-refractivity contribution is 0.0573. The molecule has 3 rings (SSSR count). The third-order valence-corrected chi connectivity index (χ3v) is 6.67. The Kier molecular flexibility index (Phi) is 6.11. The number of nitrogens with one attached hydrogen (secondary N) is 1. The van der Waals surface area contributed by atoms with Crippen molar-refractivity contribution in [1.29, 1.82) is 0 Å². The molecule has 0 atom stereocenters. The highest BCUT2D eigenvalue weighted by Gasteiger charge is 2.28. The summed E-state index contributed by atoms with van der Waals surface area (Å²) in [5, 5.41) is 0. The van der Waals surface area contributed by atoms with Crippen LogP contribution in [0.25, 0.3) is 0 Å². The molecule has 2 fully saturated rings. The van der Waals surface area contributed by atoms with Gasteiger partial charge in [0.1, 0.15) is 0 Å². The molecule has 6 nitrogen and oxygen atoms in total. The van der Waals surface area contributed by atoms with Crippen LogP contribution in [0.2, 0.25) is 0 Å². The van der Waals surface area contributed by atoms with E-state index in [0.29, 0.717) is 24.7 Å².